The summed E-state index contributed by atoms with van der Waals surface area (Å²) < 4.78 is 11.1. The number of carbonyl (C=O) groups excluding carboxylic acids is 1. The highest BCUT2D eigenvalue weighted by Crippen LogP contribution is 2.36. The van der Waals surface area contributed by atoms with E-state index in [0.717, 1.165) is 11.3 Å². The van der Waals surface area contributed by atoms with E-state index in [0.29, 0.717) is 23.5 Å². The third-order valence-corrected chi connectivity index (χ3v) is 3.89. The van der Waals surface area contributed by atoms with Gasteiger partial charge < -0.3 is 15.2 Å². The SMILES string of the molecule is C#CCN1C(=O)C(Cc2cccc(OC)c2)Oc2cc(N)ccc21. The molecule has 0 saturated carbocycles. The molecule has 2 aromatic rings. The molecule has 0 fully saturated rings. The molecule has 24 heavy (non-hydrogen) atoms. The van der Waals surface area contributed by atoms with Crippen LogP contribution in [-0.4, -0.2) is 25.7 Å². The van der Waals surface area contributed by atoms with E-state index >= 15 is 0 Å². The Labute approximate surface area is 141 Å². The topological polar surface area (TPSA) is 64.8 Å². The van der Waals surface area contributed by atoms with E-state index in [2.05, 4.69) is 5.92 Å². The number of nitrogens with two attached hydrogens (primary N) is 1. The summed E-state index contributed by atoms with van der Waals surface area (Å²) in [6.45, 7) is 0.188. The Hall–Kier alpha value is -3.13. The van der Waals surface area contributed by atoms with Crippen LogP contribution in [0, 0.1) is 12.3 Å². The predicted octanol–water partition coefficient (Wildman–Crippen LogP) is 2.25. The fraction of sp³-hybridized carbons (Fsp3) is 0.211. The van der Waals surface area contributed by atoms with Crippen molar-refractivity contribution >= 4 is 17.3 Å². The molecule has 1 unspecified atom stereocenters. The van der Waals surface area contributed by atoms with Gasteiger partial charge in [0.1, 0.15) is 11.5 Å². The maximum absolute atomic E-state index is 12.8. The zero-order chi connectivity index (χ0) is 17.1. The van der Waals surface area contributed by atoms with E-state index in [-0.39, 0.29) is 12.5 Å². The molecule has 1 aliphatic rings. The van der Waals surface area contributed by atoms with E-state index in [9.17, 15) is 4.79 Å². The summed E-state index contributed by atoms with van der Waals surface area (Å²) in [6, 6.07) is 12.7. The van der Waals surface area contributed by atoms with Gasteiger partial charge in [-0.05, 0) is 29.8 Å². The summed E-state index contributed by atoms with van der Waals surface area (Å²) in [4.78, 5) is 14.3. The zero-order valence-electron chi connectivity index (χ0n) is 13.4. The lowest BCUT2D eigenvalue weighted by atomic mass is 10.0. The minimum Gasteiger partial charge on any atom is -0.497 e. The van der Waals surface area contributed by atoms with Crippen LogP contribution in [0.15, 0.2) is 42.5 Å². The number of rotatable bonds is 4. The molecule has 0 saturated heterocycles. The van der Waals surface area contributed by atoms with Crippen molar-refractivity contribution < 1.29 is 14.3 Å². The molecule has 3 rings (SSSR count). The van der Waals surface area contributed by atoms with Gasteiger partial charge in [-0.1, -0.05) is 18.1 Å². The highest BCUT2D eigenvalue weighted by atomic mass is 16.5. The van der Waals surface area contributed by atoms with Crippen LogP contribution in [0.2, 0.25) is 0 Å². The number of anilines is 2. The molecule has 1 atom stereocenters. The molecule has 0 radical (unpaired) electrons. The van der Waals surface area contributed by atoms with Crippen LogP contribution in [0.1, 0.15) is 5.56 Å². The standard InChI is InChI=1S/C19H18N2O3/c1-3-9-21-16-8-7-14(20)12-17(16)24-18(19(21)22)11-13-5-4-6-15(10-13)23-2/h1,4-8,10,12,18H,9,11,20H2,2H3. The lowest BCUT2D eigenvalue weighted by molar-refractivity contribution is -0.126. The summed E-state index contributed by atoms with van der Waals surface area (Å²) in [5.74, 6) is 3.67. The molecule has 122 valence electrons. The number of methoxy groups -OCH3 is 1. The molecule has 2 N–H and O–H groups in total. The second kappa shape index (κ2) is 6.55. The first-order valence-electron chi connectivity index (χ1n) is 7.56. The summed E-state index contributed by atoms with van der Waals surface area (Å²) in [6.07, 6.45) is 5.19. The maximum atomic E-state index is 12.8. The van der Waals surface area contributed by atoms with E-state index in [1.165, 1.54) is 0 Å². The smallest absolute Gasteiger partial charge is 0.269 e. The summed E-state index contributed by atoms with van der Waals surface area (Å²) in [7, 11) is 1.61. The van der Waals surface area contributed by atoms with Crippen molar-refractivity contribution in [3.8, 4) is 23.8 Å². The summed E-state index contributed by atoms with van der Waals surface area (Å²) in [5.41, 5.74) is 8.00. The second-order valence-electron chi connectivity index (χ2n) is 5.52. The molecule has 0 spiro atoms. The molecule has 0 bridgehead atoms. The Morgan fingerprint density at radius 3 is 2.92 bits per heavy atom. The predicted molar refractivity (Wildman–Crippen MR) is 93.2 cm³/mol. The average Bonchev–Trinajstić information content (AvgIpc) is 2.58. The first kappa shape index (κ1) is 15.8. The molecule has 1 amide bonds. The Balaban J connectivity index is 1.91. The van der Waals surface area contributed by atoms with Crippen LogP contribution in [0.5, 0.6) is 11.5 Å². The first-order valence-corrected chi connectivity index (χ1v) is 7.56. The van der Waals surface area contributed by atoms with E-state index in [4.69, 9.17) is 21.6 Å². The number of terminal acetylenes is 1. The molecular weight excluding hydrogens is 304 g/mol. The van der Waals surface area contributed by atoms with Crippen molar-refractivity contribution in [2.24, 2.45) is 0 Å². The van der Waals surface area contributed by atoms with Gasteiger partial charge in [0, 0.05) is 18.2 Å². The van der Waals surface area contributed by atoms with E-state index < -0.39 is 6.10 Å². The number of hydrogen-bond donors (Lipinski definition) is 1. The van der Waals surface area contributed by atoms with Crippen LogP contribution >= 0.6 is 0 Å². The number of benzene rings is 2. The lowest BCUT2D eigenvalue weighted by Gasteiger charge is -2.33. The van der Waals surface area contributed by atoms with Gasteiger partial charge in [-0.25, -0.2) is 0 Å². The largest absolute Gasteiger partial charge is 0.497 e. The fourth-order valence-electron chi connectivity index (χ4n) is 2.74. The number of carbonyl (C=O) groups is 1. The third-order valence-electron chi connectivity index (χ3n) is 3.89. The summed E-state index contributed by atoms with van der Waals surface area (Å²) >= 11 is 0. The highest BCUT2D eigenvalue weighted by molar-refractivity contribution is 6.00. The molecule has 0 aromatic heterocycles. The minimum absolute atomic E-state index is 0.159. The van der Waals surface area contributed by atoms with Crippen LogP contribution in [-0.2, 0) is 11.2 Å². The number of nitrogens with zero attached hydrogens (tertiary/aromatic N) is 1. The minimum atomic E-state index is -0.653. The number of hydrogen-bond acceptors (Lipinski definition) is 4. The number of amides is 1. The Kier molecular flexibility index (Phi) is 4.30. The van der Waals surface area contributed by atoms with Gasteiger partial charge in [0.2, 0.25) is 0 Å². The van der Waals surface area contributed by atoms with E-state index in [1.54, 1.807) is 30.2 Å². The highest BCUT2D eigenvalue weighted by Gasteiger charge is 2.34. The number of ether oxygens (including phenoxy) is 2. The molecule has 0 aliphatic carbocycles. The first-order chi connectivity index (χ1) is 11.6. The Morgan fingerprint density at radius 1 is 1.33 bits per heavy atom. The van der Waals surface area contributed by atoms with Gasteiger partial charge in [-0.3, -0.25) is 9.69 Å². The maximum Gasteiger partial charge on any atom is 0.269 e. The number of fused-ring (bicyclic) bond motifs is 1. The molecular formula is C19H18N2O3. The quantitative estimate of drug-likeness (QED) is 0.693. The van der Waals surface area contributed by atoms with Crippen molar-refractivity contribution in [2.45, 2.75) is 12.5 Å². The van der Waals surface area contributed by atoms with Crippen LogP contribution in [0.25, 0.3) is 0 Å². The van der Waals surface area contributed by atoms with Gasteiger partial charge in [-0.2, -0.15) is 0 Å². The molecule has 1 heterocycles. The van der Waals surface area contributed by atoms with Gasteiger partial charge >= 0.3 is 0 Å². The van der Waals surface area contributed by atoms with E-state index in [1.807, 2.05) is 24.3 Å². The van der Waals surface area contributed by atoms with Crippen molar-refractivity contribution in [3.63, 3.8) is 0 Å². The Morgan fingerprint density at radius 2 is 2.17 bits per heavy atom. The average molecular weight is 322 g/mol. The van der Waals surface area contributed by atoms with Crippen LogP contribution < -0.4 is 20.1 Å². The van der Waals surface area contributed by atoms with Crippen LogP contribution in [0.4, 0.5) is 11.4 Å². The third kappa shape index (κ3) is 2.99. The lowest BCUT2D eigenvalue weighted by Crippen LogP contribution is -2.47. The second-order valence-corrected chi connectivity index (χ2v) is 5.52. The van der Waals surface area contributed by atoms with Crippen molar-refractivity contribution in [1.82, 2.24) is 0 Å². The van der Waals surface area contributed by atoms with Gasteiger partial charge in [-0.15, -0.1) is 6.42 Å². The van der Waals surface area contributed by atoms with Crippen molar-refractivity contribution in [1.29, 1.82) is 0 Å². The Bertz CT molecular complexity index is 810. The zero-order valence-corrected chi connectivity index (χ0v) is 13.4. The normalized spacial score (nSPS) is 16.1. The van der Waals surface area contributed by atoms with Gasteiger partial charge in [0.05, 0.1) is 19.3 Å². The molecule has 2 aromatic carbocycles. The molecule has 5 nitrogen and oxygen atoms in total. The van der Waals surface area contributed by atoms with Crippen LogP contribution in [0.3, 0.4) is 0 Å². The van der Waals surface area contributed by atoms with Gasteiger partial charge in [0.15, 0.2) is 6.10 Å². The van der Waals surface area contributed by atoms with Crippen molar-refractivity contribution in [3.05, 3.63) is 48.0 Å². The monoisotopic (exact) mass is 322 g/mol. The van der Waals surface area contributed by atoms with Crippen molar-refractivity contribution in [2.75, 3.05) is 24.3 Å². The number of nitrogen functional groups attached to an aromatic ring is 1. The molecule has 1 aliphatic heterocycles. The fourth-order valence-corrected chi connectivity index (χ4v) is 2.74. The molecule has 5 heteroatoms. The summed E-state index contributed by atoms with van der Waals surface area (Å²) in [5, 5.41) is 0. The van der Waals surface area contributed by atoms with Gasteiger partial charge in [0.25, 0.3) is 5.91 Å².